The number of hydrogen-bond acceptors (Lipinski definition) is 4. The fourth-order valence-electron chi connectivity index (χ4n) is 4.88. The van der Waals surface area contributed by atoms with E-state index in [0.29, 0.717) is 11.8 Å². The van der Waals surface area contributed by atoms with Crippen molar-refractivity contribution in [1.29, 1.82) is 0 Å². The summed E-state index contributed by atoms with van der Waals surface area (Å²) < 4.78 is 0. The molecule has 0 amide bonds. The van der Waals surface area contributed by atoms with Crippen molar-refractivity contribution in [3.8, 4) is 0 Å². The summed E-state index contributed by atoms with van der Waals surface area (Å²) in [5, 5.41) is 7.51. The third kappa shape index (κ3) is 8.36. The van der Waals surface area contributed by atoms with Crippen LogP contribution in [0.5, 0.6) is 0 Å². The summed E-state index contributed by atoms with van der Waals surface area (Å²) in [6.07, 6.45) is 1.89. The number of pyridine rings is 1. The molecule has 5 heteroatoms. The van der Waals surface area contributed by atoms with Gasteiger partial charge in [0.2, 0.25) is 0 Å². The third-order valence-corrected chi connectivity index (χ3v) is 6.62. The molecule has 0 aliphatic carbocycles. The van der Waals surface area contributed by atoms with Crippen LogP contribution in [0.4, 0.5) is 11.4 Å². The maximum absolute atomic E-state index is 4.58. The van der Waals surface area contributed by atoms with Gasteiger partial charge in [0.05, 0.1) is 5.69 Å². The number of nitrogens with zero attached hydrogens (tertiary/aromatic N) is 2. The Morgan fingerprint density at radius 3 is 1.81 bits per heavy atom. The molecule has 2 N–H and O–H groups in total. The van der Waals surface area contributed by atoms with Crippen LogP contribution >= 0.6 is 0 Å². The van der Waals surface area contributed by atoms with Crippen LogP contribution in [0.1, 0.15) is 73.0 Å². The Hall–Kier alpha value is -2.34. The molecule has 4 nitrogen and oxygen atoms in total. The molecule has 1 radical (unpaired) electrons. The van der Waals surface area contributed by atoms with Crippen molar-refractivity contribution in [2.45, 2.75) is 66.8 Å². The Bertz CT molecular complexity index is 1030. The molecule has 0 aliphatic rings. The molecule has 0 saturated heterocycles. The summed E-state index contributed by atoms with van der Waals surface area (Å²) in [7, 11) is 0. The first-order valence-corrected chi connectivity index (χ1v) is 13.1. The molecular weight excluding hydrogens is 487 g/mol. The number of hydrogen-bond donors (Lipinski definition) is 2. The molecule has 3 rings (SSSR count). The second kappa shape index (κ2) is 14.4. The molecular formula is C31H44CoN4. The Balaban J connectivity index is 0.00000456. The van der Waals surface area contributed by atoms with Crippen molar-refractivity contribution >= 4 is 11.4 Å². The molecule has 0 saturated carbocycles. The number of para-hydroxylation sites is 1. The minimum absolute atomic E-state index is 0. The van der Waals surface area contributed by atoms with Gasteiger partial charge in [0.1, 0.15) is 0 Å². The molecule has 0 fully saturated rings. The van der Waals surface area contributed by atoms with Crippen LogP contribution in [0.3, 0.4) is 0 Å². The smallest absolute Gasteiger partial charge is 0.0543 e. The fraction of sp³-hybridized carbons (Fsp3) is 0.452. The molecule has 0 bridgehead atoms. The predicted molar refractivity (Wildman–Crippen MR) is 152 cm³/mol. The Labute approximate surface area is 229 Å². The summed E-state index contributed by atoms with van der Waals surface area (Å²) >= 11 is 0. The van der Waals surface area contributed by atoms with Crippen molar-refractivity contribution in [1.82, 2.24) is 9.88 Å². The first-order chi connectivity index (χ1) is 16.8. The van der Waals surface area contributed by atoms with Gasteiger partial charge in [-0.3, -0.25) is 9.88 Å². The molecule has 1 aromatic heterocycles. The summed E-state index contributed by atoms with van der Waals surface area (Å²) in [5.41, 5.74) is 10.4. The van der Waals surface area contributed by atoms with E-state index < -0.39 is 0 Å². The first kappa shape index (κ1) is 29.9. The minimum atomic E-state index is 0. The van der Waals surface area contributed by atoms with E-state index in [2.05, 4.69) is 111 Å². The summed E-state index contributed by atoms with van der Waals surface area (Å²) in [5.74, 6) is 0.983. The zero-order chi connectivity index (χ0) is 25.4. The first-order valence-electron chi connectivity index (χ1n) is 13.1. The maximum Gasteiger partial charge on any atom is 0.0543 e. The maximum atomic E-state index is 4.58. The van der Waals surface area contributed by atoms with Gasteiger partial charge in [-0.1, -0.05) is 69.7 Å². The van der Waals surface area contributed by atoms with Crippen LogP contribution in [-0.2, 0) is 23.3 Å². The van der Waals surface area contributed by atoms with Gasteiger partial charge in [0.15, 0.2) is 0 Å². The van der Waals surface area contributed by atoms with Crippen molar-refractivity contribution in [3.05, 3.63) is 88.2 Å². The third-order valence-electron chi connectivity index (χ3n) is 6.62. The van der Waals surface area contributed by atoms with E-state index in [4.69, 9.17) is 0 Å². The van der Waals surface area contributed by atoms with E-state index in [1.807, 2.05) is 12.3 Å². The topological polar surface area (TPSA) is 40.2 Å². The second-order valence-electron chi connectivity index (χ2n) is 10.3. The van der Waals surface area contributed by atoms with Crippen LogP contribution in [0.15, 0.2) is 54.7 Å². The number of anilines is 2. The van der Waals surface area contributed by atoms with E-state index in [1.165, 1.54) is 39.2 Å². The predicted octanol–water partition coefficient (Wildman–Crippen LogP) is 7.28. The Morgan fingerprint density at radius 1 is 0.750 bits per heavy atom. The van der Waals surface area contributed by atoms with Gasteiger partial charge in [0.25, 0.3) is 0 Å². The quantitative estimate of drug-likeness (QED) is 0.258. The molecule has 2 aromatic carbocycles. The monoisotopic (exact) mass is 531 g/mol. The van der Waals surface area contributed by atoms with Gasteiger partial charge >= 0.3 is 0 Å². The zero-order valence-electron chi connectivity index (χ0n) is 23.1. The zero-order valence-corrected chi connectivity index (χ0v) is 24.2. The van der Waals surface area contributed by atoms with Gasteiger partial charge in [-0.05, 0) is 67.0 Å². The Kier molecular flexibility index (Phi) is 12.0. The van der Waals surface area contributed by atoms with E-state index in [0.717, 1.165) is 38.4 Å². The molecule has 0 atom stereocenters. The van der Waals surface area contributed by atoms with E-state index in [1.54, 1.807) is 0 Å². The van der Waals surface area contributed by atoms with Gasteiger partial charge in [-0.15, -0.1) is 0 Å². The Morgan fingerprint density at radius 2 is 1.31 bits per heavy atom. The molecule has 197 valence electrons. The van der Waals surface area contributed by atoms with Gasteiger partial charge in [0, 0.05) is 67.1 Å². The minimum Gasteiger partial charge on any atom is -0.383 e. The fourth-order valence-corrected chi connectivity index (χ4v) is 4.88. The van der Waals surface area contributed by atoms with Gasteiger partial charge < -0.3 is 10.6 Å². The normalized spacial score (nSPS) is 11.2. The number of aromatic nitrogens is 1. The van der Waals surface area contributed by atoms with Crippen LogP contribution in [0.2, 0.25) is 0 Å². The molecule has 3 aromatic rings. The standard InChI is InChI=1S/C31H44N4.Co/c1-22(2)28-12-10-13-29(23(3)4)31(28)34-16-18-35(21-27-11-8-9-14-32-27)17-15-33-30-25(6)19-24(5)20-26(30)7;/h8-14,19-20,22-23,33-34H,15-18,21H2,1-7H3;. The summed E-state index contributed by atoms with van der Waals surface area (Å²) in [6, 6.07) is 17.4. The second-order valence-corrected chi connectivity index (χ2v) is 10.3. The number of benzene rings is 2. The van der Waals surface area contributed by atoms with Crippen molar-refractivity contribution in [3.63, 3.8) is 0 Å². The molecule has 0 spiro atoms. The van der Waals surface area contributed by atoms with Gasteiger partial charge in [-0.25, -0.2) is 0 Å². The van der Waals surface area contributed by atoms with Crippen LogP contribution < -0.4 is 10.6 Å². The van der Waals surface area contributed by atoms with Crippen molar-refractivity contribution in [2.24, 2.45) is 0 Å². The van der Waals surface area contributed by atoms with E-state index in [9.17, 15) is 0 Å². The van der Waals surface area contributed by atoms with Crippen LogP contribution in [0, 0.1) is 20.8 Å². The SMILES string of the molecule is Cc1cc(C)c(NCCN(CCNc2c(C(C)C)cccc2C(C)C)Cc2ccccn2)c(C)c1.[Co]. The summed E-state index contributed by atoms with van der Waals surface area (Å²) in [6.45, 7) is 20.2. The average Bonchev–Trinajstić information content (AvgIpc) is 2.81. The number of nitrogens with one attached hydrogen (secondary N) is 2. The molecule has 36 heavy (non-hydrogen) atoms. The van der Waals surface area contributed by atoms with E-state index >= 15 is 0 Å². The van der Waals surface area contributed by atoms with Crippen LogP contribution in [0.25, 0.3) is 0 Å². The van der Waals surface area contributed by atoms with Gasteiger partial charge in [-0.2, -0.15) is 0 Å². The molecule has 0 aliphatic heterocycles. The summed E-state index contributed by atoms with van der Waals surface area (Å²) in [4.78, 5) is 7.08. The average molecular weight is 532 g/mol. The van der Waals surface area contributed by atoms with Crippen LogP contribution in [-0.4, -0.2) is 36.1 Å². The number of rotatable bonds is 12. The van der Waals surface area contributed by atoms with E-state index in [-0.39, 0.29) is 16.8 Å². The molecule has 0 unspecified atom stereocenters. The molecule has 1 heterocycles. The number of aryl methyl sites for hydroxylation is 3. The van der Waals surface area contributed by atoms with Crippen molar-refractivity contribution in [2.75, 3.05) is 36.8 Å². The van der Waals surface area contributed by atoms with Crippen molar-refractivity contribution < 1.29 is 16.8 Å². The largest absolute Gasteiger partial charge is 0.383 e.